The number of carbonyl (C=O) groups excluding carboxylic acids is 2. The van der Waals surface area contributed by atoms with Gasteiger partial charge in [0.1, 0.15) is 5.41 Å². The van der Waals surface area contributed by atoms with Gasteiger partial charge in [-0.3, -0.25) is 9.59 Å². The number of unbranched alkanes of at least 4 members (excludes halogenated alkanes) is 12. The Morgan fingerprint density at radius 2 is 0.968 bits per heavy atom. The Labute approximate surface area is 194 Å². The Morgan fingerprint density at radius 3 is 1.39 bits per heavy atom. The first-order valence-electron chi connectivity index (χ1n) is 13.5. The van der Waals surface area contributed by atoms with Crippen molar-refractivity contribution in [3.8, 4) is 0 Å². The first-order chi connectivity index (χ1) is 15.0. The SMILES string of the molecule is CCCCCCCCCCCCCC(CCCC)C(CCCC)(C(=O)NC)C(=O)NC. The molecular formula is C27H54N2O2. The first kappa shape index (κ1) is 29.9. The van der Waals surface area contributed by atoms with E-state index in [1.54, 1.807) is 14.1 Å². The molecule has 1 unspecified atom stereocenters. The zero-order valence-corrected chi connectivity index (χ0v) is 21.6. The molecule has 1 atom stereocenters. The van der Waals surface area contributed by atoms with E-state index in [0.717, 1.165) is 44.9 Å². The van der Waals surface area contributed by atoms with E-state index < -0.39 is 5.41 Å². The van der Waals surface area contributed by atoms with Gasteiger partial charge in [0.25, 0.3) is 0 Å². The fourth-order valence-corrected chi connectivity index (χ4v) is 4.95. The summed E-state index contributed by atoms with van der Waals surface area (Å²) in [4.78, 5) is 26.1. The molecule has 0 aliphatic rings. The molecule has 0 aliphatic carbocycles. The second kappa shape index (κ2) is 19.6. The van der Waals surface area contributed by atoms with Crippen LogP contribution in [0.15, 0.2) is 0 Å². The van der Waals surface area contributed by atoms with Gasteiger partial charge in [-0.05, 0) is 25.2 Å². The van der Waals surface area contributed by atoms with E-state index in [1.165, 1.54) is 64.2 Å². The van der Waals surface area contributed by atoms with Crippen molar-refractivity contribution in [3.63, 3.8) is 0 Å². The molecule has 184 valence electrons. The molecule has 0 heterocycles. The summed E-state index contributed by atoms with van der Waals surface area (Å²) in [6.07, 6.45) is 21.2. The lowest BCUT2D eigenvalue weighted by Crippen LogP contribution is -2.54. The second-order valence-electron chi connectivity index (χ2n) is 9.40. The Morgan fingerprint density at radius 1 is 0.581 bits per heavy atom. The number of hydrogen-bond donors (Lipinski definition) is 2. The number of hydrogen-bond acceptors (Lipinski definition) is 2. The molecule has 0 bridgehead atoms. The summed E-state index contributed by atoms with van der Waals surface area (Å²) in [6.45, 7) is 6.58. The van der Waals surface area contributed by atoms with Crippen LogP contribution in [0.25, 0.3) is 0 Å². The smallest absolute Gasteiger partial charge is 0.235 e. The van der Waals surface area contributed by atoms with Gasteiger partial charge in [-0.15, -0.1) is 0 Å². The van der Waals surface area contributed by atoms with Crippen LogP contribution in [0.5, 0.6) is 0 Å². The molecule has 0 aliphatic heterocycles. The largest absolute Gasteiger partial charge is 0.358 e. The Balaban J connectivity index is 4.77. The lowest BCUT2D eigenvalue weighted by atomic mass is 9.66. The normalized spacial score (nSPS) is 12.5. The molecule has 0 rings (SSSR count). The molecule has 0 aromatic rings. The van der Waals surface area contributed by atoms with Crippen LogP contribution in [0, 0.1) is 11.3 Å². The maximum Gasteiger partial charge on any atom is 0.235 e. The molecule has 4 heteroatoms. The highest BCUT2D eigenvalue weighted by Gasteiger charge is 2.49. The van der Waals surface area contributed by atoms with E-state index in [0.29, 0.717) is 6.42 Å². The molecule has 2 N–H and O–H groups in total. The fourth-order valence-electron chi connectivity index (χ4n) is 4.95. The number of nitrogens with one attached hydrogen (secondary N) is 2. The van der Waals surface area contributed by atoms with E-state index in [1.807, 2.05) is 0 Å². The van der Waals surface area contributed by atoms with Gasteiger partial charge in [-0.25, -0.2) is 0 Å². The summed E-state index contributed by atoms with van der Waals surface area (Å²) in [6, 6.07) is 0. The summed E-state index contributed by atoms with van der Waals surface area (Å²) >= 11 is 0. The highest BCUT2D eigenvalue weighted by atomic mass is 16.2. The van der Waals surface area contributed by atoms with Crippen LogP contribution in [-0.2, 0) is 9.59 Å². The van der Waals surface area contributed by atoms with E-state index in [9.17, 15) is 9.59 Å². The van der Waals surface area contributed by atoms with Crippen molar-refractivity contribution < 1.29 is 9.59 Å². The van der Waals surface area contributed by atoms with Gasteiger partial charge >= 0.3 is 0 Å². The minimum Gasteiger partial charge on any atom is -0.358 e. The highest BCUT2D eigenvalue weighted by Crippen LogP contribution is 2.41. The Bertz CT molecular complexity index is 435. The lowest BCUT2D eigenvalue weighted by Gasteiger charge is -2.38. The zero-order chi connectivity index (χ0) is 23.4. The predicted octanol–water partition coefficient (Wildman–Crippen LogP) is 7.16. The fraction of sp³-hybridized carbons (Fsp3) is 0.926. The van der Waals surface area contributed by atoms with Crippen molar-refractivity contribution >= 4 is 11.8 Å². The average Bonchev–Trinajstić information content (AvgIpc) is 2.79. The number of rotatable bonds is 21. The van der Waals surface area contributed by atoms with Gasteiger partial charge in [0.2, 0.25) is 11.8 Å². The summed E-state index contributed by atoms with van der Waals surface area (Å²) < 4.78 is 0. The average molecular weight is 439 g/mol. The molecule has 2 amide bonds. The van der Waals surface area contributed by atoms with Gasteiger partial charge in [0.15, 0.2) is 0 Å². The molecule has 0 radical (unpaired) electrons. The van der Waals surface area contributed by atoms with Crippen molar-refractivity contribution in [3.05, 3.63) is 0 Å². The monoisotopic (exact) mass is 438 g/mol. The van der Waals surface area contributed by atoms with Crippen LogP contribution in [0.3, 0.4) is 0 Å². The summed E-state index contributed by atoms with van der Waals surface area (Å²) in [7, 11) is 3.34. The number of carbonyl (C=O) groups is 2. The molecule has 0 fully saturated rings. The van der Waals surface area contributed by atoms with Gasteiger partial charge in [-0.2, -0.15) is 0 Å². The van der Waals surface area contributed by atoms with E-state index in [4.69, 9.17) is 0 Å². The third-order valence-corrected chi connectivity index (χ3v) is 6.95. The third-order valence-electron chi connectivity index (χ3n) is 6.95. The highest BCUT2D eigenvalue weighted by molar-refractivity contribution is 6.05. The summed E-state index contributed by atoms with van der Waals surface area (Å²) in [5.74, 6) is -0.0635. The van der Waals surface area contributed by atoms with Gasteiger partial charge in [0.05, 0.1) is 0 Å². The van der Waals surface area contributed by atoms with Crippen LogP contribution >= 0.6 is 0 Å². The van der Waals surface area contributed by atoms with E-state index >= 15 is 0 Å². The molecule has 0 spiro atoms. The molecule has 0 aromatic heterocycles. The topological polar surface area (TPSA) is 58.2 Å². The minimum absolute atomic E-state index is 0.0931. The Kier molecular flexibility index (Phi) is 18.9. The molecule has 31 heavy (non-hydrogen) atoms. The third kappa shape index (κ3) is 11.4. The van der Waals surface area contributed by atoms with Crippen molar-refractivity contribution in [1.82, 2.24) is 10.6 Å². The van der Waals surface area contributed by atoms with E-state index in [-0.39, 0.29) is 17.7 Å². The standard InChI is InChI=1S/C27H54N2O2/c1-6-9-12-13-14-15-16-17-18-19-20-22-24(21-10-7-2)27(23-11-8-3,25(30)28-4)26(31)29-5/h24H,6-23H2,1-5H3,(H,28,30)(H,29,31). The van der Waals surface area contributed by atoms with Crippen molar-refractivity contribution in [2.45, 2.75) is 136 Å². The summed E-state index contributed by atoms with van der Waals surface area (Å²) in [5.41, 5.74) is -0.923. The van der Waals surface area contributed by atoms with Crippen LogP contribution in [-0.4, -0.2) is 25.9 Å². The molecule has 4 nitrogen and oxygen atoms in total. The maximum atomic E-state index is 13.1. The molecule has 0 aromatic carbocycles. The quantitative estimate of drug-likeness (QED) is 0.147. The zero-order valence-electron chi connectivity index (χ0n) is 21.6. The van der Waals surface area contributed by atoms with Crippen molar-refractivity contribution in [2.24, 2.45) is 11.3 Å². The molecule has 0 saturated carbocycles. The summed E-state index contributed by atoms with van der Waals surface area (Å²) in [5, 5.41) is 5.66. The first-order valence-corrected chi connectivity index (χ1v) is 13.5. The van der Waals surface area contributed by atoms with Crippen LogP contribution in [0.1, 0.15) is 136 Å². The lowest BCUT2D eigenvalue weighted by molar-refractivity contribution is -0.148. The Hall–Kier alpha value is -1.06. The number of amides is 2. The van der Waals surface area contributed by atoms with Crippen LogP contribution in [0.2, 0.25) is 0 Å². The van der Waals surface area contributed by atoms with Gasteiger partial charge in [0, 0.05) is 14.1 Å². The second-order valence-corrected chi connectivity index (χ2v) is 9.40. The minimum atomic E-state index is -0.923. The van der Waals surface area contributed by atoms with E-state index in [2.05, 4.69) is 31.4 Å². The van der Waals surface area contributed by atoms with Crippen LogP contribution in [0.4, 0.5) is 0 Å². The van der Waals surface area contributed by atoms with Crippen LogP contribution < -0.4 is 10.6 Å². The van der Waals surface area contributed by atoms with Gasteiger partial charge in [-0.1, -0.05) is 117 Å². The van der Waals surface area contributed by atoms with Crippen molar-refractivity contribution in [2.75, 3.05) is 14.1 Å². The van der Waals surface area contributed by atoms with Gasteiger partial charge < -0.3 is 10.6 Å². The molecular weight excluding hydrogens is 384 g/mol. The maximum absolute atomic E-state index is 13.1. The predicted molar refractivity (Wildman–Crippen MR) is 134 cm³/mol. The molecule has 0 saturated heterocycles. The van der Waals surface area contributed by atoms with Crippen molar-refractivity contribution in [1.29, 1.82) is 0 Å².